The van der Waals surface area contributed by atoms with Crippen LogP contribution in [0.15, 0.2) is 72.8 Å². The van der Waals surface area contributed by atoms with E-state index in [0.717, 1.165) is 39.5 Å². The maximum Gasteiger partial charge on any atom is 0.224 e. The zero-order valence-corrected chi connectivity index (χ0v) is 19.2. The molecule has 6 heteroatoms. The summed E-state index contributed by atoms with van der Waals surface area (Å²) in [6.45, 7) is 5.14. The van der Waals surface area contributed by atoms with Crippen molar-refractivity contribution >= 4 is 16.9 Å². The Bertz CT molecular complexity index is 1230. The molecular formula is C27H29N3O3. The molecule has 0 spiro atoms. The van der Waals surface area contributed by atoms with Gasteiger partial charge in [0, 0.05) is 0 Å². The van der Waals surface area contributed by atoms with Crippen molar-refractivity contribution < 1.29 is 14.3 Å². The van der Waals surface area contributed by atoms with E-state index in [1.165, 1.54) is 0 Å². The summed E-state index contributed by atoms with van der Waals surface area (Å²) in [7, 11) is 1.63. The number of nitrogens with zero attached hydrogens (tertiary/aromatic N) is 2. The number of aryl methyl sites for hydroxylation is 1. The molecule has 0 saturated carbocycles. The molecule has 1 N–H and O–H groups in total. The first-order chi connectivity index (χ1) is 16.0. The minimum Gasteiger partial charge on any atom is -0.497 e. The van der Waals surface area contributed by atoms with Gasteiger partial charge in [-0.2, -0.15) is 0 Å². The van der Waals surface area contributed by atoms with Crippen LogP contribution in [0.2, 0.25) is 0 Å². The Balaban J connectivity index is 1.46. The zero-order valence-electron chi connectivity index (χ0n) is 19.2. The molecule has 0 bridgehead atoms. The number of carbonyl (C=O) groups is 1. The predicted molar refractivity (Wildman–Crippen MR) is 130 cm³/mol. The molecule has 6 nitrogen and oxygen atoms in total. The number of fused-ring (bicyclic) bond motifs is 1. The molecule has 0 radical (unpaired) electrons. The third kappa shape index (κ3) is 5.52. The molecule has 4 aromatic rings. The van der Waals surface area contributed by atoms with Gasteiger partial charge < -0.3 is 19.4 Å². The second-order valence-corrected chi connectivity index (χ2v) is 8.09. The van der Waals surface area contributed by atoms with Crippen molar-refractivity contribution in [2.75, 3.05) is 13.7 Å². The number of ether oxygens (including phenoxy) is 2. The van der Waals surface area contributed by atoms with E-state index in [4.69, 9.17) is 14.5 Å². The number of para-hydroxylation sites is 2. The molecule has 0 aliphatic heterocycles. The molecule has 0 saturated heterocycles. The van der Waals surface area contributed by atoms with Crippen LogP contribution in [0.25, 0.3) is 11.0 Å². The maximum absolute atomic E-state index is 12.7. The number of carbonyl (C=O) groups excluding carboxylic acids is 1. The standard InChI is InChI=1S/C27H29N3O3/c1-19-7-6-8-23(17-19)33-16-15-30-25-10-5-4-9-24(25)29-27(30)20(2)28-26(31)18-21-11-13-22(32-3)14-12-21/h4-14,17,20H,15-16,18H2,1-3H3,(H,28,31). The highest BCUT2D eigenvalue weighted by Gasteiger charge is 2.18. The van der Waals surface area contributed by atoms with Crippen LogP contribution in [0.1, 0.15) is 29.9 Å². The molecule has 1 heterocycles. The Morgan fingerprint density at radius 2 is 1.82 bits per heavy atom. The number of imidazole rings is 1. The van der Waals surface area contributed by atoms with E-state index >= 15 is 0 Å². The lowest BCUT2D eigenvalue weighted by Gasteiger charge is -2.17. The summed E-state index contributed by atoms with van der Waals surface area (Å²) in [5.41, 5.74) is 4.02. The minimum atomic E-state index is -0.248. The Morgan fingerprint density at radius 3 is 2.58 bits per heavy atom. The molecular weight excluding hydrogens is 414 g/mol. The van der Waals surface area contributed by atoms with Crippen LogP contribution in [0.4, 0.5) is 0 Å². The highest BCUT2D eigenvalue weighted by atomic mass is 16.5. The molecule has 0 fully saturated rings. The summed E-state index contributed by atoms with van der Waals surface area (Å²) in [6, 6.07) is 23.3. The van der Waals surface area contributed by atoms with Crippen molar-refractivity contribution in [2.45, 2.75) is 32.9 Å². The molecule has 1 amide bonds. The van der Waals surface area contributed by atoms with E-state index in [-0.39, 0.29) is 11.9 Å². The summed E-state index contributed by atoms with van der Waals surface area (Å²) >= 11 is 0. The van der Waals surface area contributed by atoms with E-state index in [9.17, 15) is 4.79 Å². The summed E-state index contributed by atoms with van der Waals surface area (Å²) in [4.78, 5) is 17.5. The number of aromatic nitrogens is 2. The second-order valence-electron chi connectivity index (χ2n) is 8.09. The van der Waals surface area contributed by atoms with Crippen LogP contribution in [0.5, 0.6) is 11.5 Å². The van der Waals surface area contributed by atoms with Crippen LogP contribution in [0, 0.1) is 6.92 Å². The minimum absolute atomic E-state index is 0.0534. The SMILES string of the molecule is COc1ccc(CC(=O)NC(C)c2nc3ccccc3n2CCOc2cccc(C)c2)cc1. The van der Waals surface area contributed by atoms with Gasteiger partial charge in [-0.05, 0) is 61.4 Å². The predicted octanol–water partition coefficient (Wildman–Crippen LogP) is 4.85. The molecule has 0 aliphatic rings. The van der Waals surface area contributed by atoms with Crippen molar-refractivity contribution in [3.05, 3.63) is 89.7 Å². The van der Waals surface area contributed by atoms with Crippen molar-refractivity contribution in [3.63, 3.8) is 0 Å². The fourth-order valence-corrected chi connectivity index (χ4v) is 3.91. The average molecular weight is 444 g/mol. The molecule has 0 aliphatic carbocycles. The second kappa shape index (κ2) is 10.2. The average Bonchev–Trinajstić information content (AvgIpc) is 3.18. The van der Waals surface area contributed by atoms with Crippen LogP contribution in [0.3, 0.4) is 0 Å². The molecule has 1 unspecified atom stereocenters. The Morgan fingerprint density at radius 1 is 1.03 bits per heavy atom. The monoisotopic (exact) mass is 443 g/mol. The number of amides is 1. The van der Waals surface area contributed by atoms with Gasteiger partial charge in [-0.25, -0.2) is 4.98 Å². The van der Waals surface area contributed by atoms with Gasteiger partial charge in [-0.1, -0.05) is 36.4 Å². The molecule has 1 atom stereocenters. The topological polar surface area (TPSA) is 65.4 Å². The summed E-state index contributed by atoms with van der Waals surface area (Å²) in [6.07, 6.45) is 0.297. The fraction of sp³-hybridized carbons (Fsp3) is 0.259. The first-order valence-electron chi connectivity index (χ1n) is 11.1. The lowest BCUT2D eigenvalue weighted by molar-refractivity contribution is -0.121. The Kier molecular flexibility index (Phi) is 6.93. The third-order valence-electron chi connectivity index (χ3n) is 5.55. The summed E-state index contributed by atoms with van der Waals surface area (Å²) < 4.78 is 13.3. The van der Waals surface area contributed by atoms with Crippen molar-refractivity contribution in [2.24, 2.45) is 0 Å². The van der Waals surface area contributed by atoms with Crippen molar-refractivity contribution in [1.29, 1.82) is 0 Å². The lowest BCUT2D eigenvalue weighted by atomic mass is 10.1. The lowest BCUT2D eigenvalue weighted by Crippen LogP contribution is -2.30. The van der Waals surface area contributed by atoms with Crippen LogP contribution < -0.4 is 14.8 Å². The van der Waals surface area contributed by atoms with Crippen LogP contribution in [-0.2, 0) is 17.8 Å². The zero-order chi connectivity index (χ0) is 23.2. The number of hydrogen-bond acceptors (Lipinski definition) is 4. The molecule has 3 aromatic carbocycles. The van der Waals surface area contributed by atoms with Crippen LogP contribution in [-0.4, -0.2) is 29.2 Å². The van der Waals surface area contributed by atoms with Crippen LogP contribution >= 0.6 is 0 Å². The summed E-state index contributed by atoms with van der Waals surface area (Å²) in [5, 5.41) is 3.10. The summed E-state index contributed by atoms with van der Waals surface area (Å²) in [5.74, 6) is 2.38. The van der Waals surface area contributed by atoms with Gasteiger partial charge in [0.05, 0.1) is 37.2 Å². The van der Waals surface area contributed by atoms with E-state index in [2.05, 4.69) is 9.88 Å². The van der Waals surface area contributed by atoms with Gasteiger partial charge in [-0.3, -0.25) is 4.79 Å². The maximum atomic E-state index is 12.7. The van der Waals surface area contributed by atoms with Gasteiger partial charge in [0.2, 0.25) is 5.91 Å². The first kappa shape index (κ1) is 22.4. The smallest absolute Gasteiger partial charge is 0.224 e. The van der Waals surface area contributed by atoms with E-state index in [1.54, 1.807) is 7.11 Å². The van der Waals surface area contributed by atoms with Gasteiger partial charge in [0.15, 0.2) is 0 Å². The normalized spacial score (nSPS) is 11.8. The number of nitrogens with one attached hydrogen (secondary N) is 1. The largest absolute Gasteiger partial charge is 0.497 e. The van der Waals surface area contributed by atoms with E-state index in [1.807, 2.05) is 86.6 Å². The highest BCUT2D eigenvalue weighted by Crippen LogP contribution is 2.22. The van der Waals surface area contributed by atoms with E-state index < -0.39 is 0 Å². The van der Waals surface area contributed by atoms with Crippen molar-refractivity contribution in [1.82, 2.24) is 14.9 Å². The third-order valence-corrected chi connectivity index (χ3v) is 5.55. The Labute approximate surface area is 194 Å². The number of rotatable bonds is 9. The number of hydrogen-bond donors (Lipinski definition) is 1. The number of benzene rings is 3. The van der Waals surface area contributed by atoms with E-state index in [0.29, 0.717) is 19.6 Å². The van der Waals surface area contributed by atoms with Gasteiger partial charge >= 0.3 is 0 Å². The quantitative estimate of drug-likeness (QED) is 0.402. The Hall–Kier alpha value is -3.80. The van der Waals surface area contributed by atoms with Gasteiger partial charge in [-0.15, -0.1) is 0 Å². The molecule has 1 aromatic heterocycles. The molecule has 4 rings (SSSR count). The van der Waals surface area contributed by atoms with Gasteiger partial charge in [0.1, 0.15) is 23.9 Å². The molecule has 33 heavy (non-hydrogen) atoms. The highest BCUT2D eigenvalue weighted by molar-refractivity contribution is 5.79. The van der Waals surface area contributed by atoms with Crippen molar-refractivity contribution in [3.8, 4) is 11.5 Å². The fourth-order valence-electron chi connectivity index (χ4n) is 3.91. The van der Waals surface area contributed by atoms with Gasteiger partial charge in [0.25, 0.3) is 0 Å². The first-order valence-corrected chi connectivity index (χ1v) is 11.1. The molecule has 170 valence electrons. The number of methoxy groups -OCH3 is 1.